The Kier molecular flexibility index (Phi) is 4.40. The van der Waals surface area contributed by atoms with Crippen molar-refractivity contribution in [3.63, 3.8) is 0 Å². The third kappa shape index (κ3) is 3.36. The average molecular weight is 247 g/mol. The molecule has 1 unspecified atom stereocenters. The third-order valence-electron chi connectivity index (χ3n) is 2.94. The molecular formula is C12H16F3NO. The zero-order chi connectivity index (χ0) is 13.1. The van der Waals surface area contributed by atoms with E-state index in [1.807, 2.05) is 13.8 Å². The molecule has 0 saturated carbocycles. The second-order valence-electron chi connectivity index (χ2n) is 4.43. The molecule has 0 aliphatic heterocycles. The van der Waals surface area contributed by atoms with Crippen LogP contribution in [-0.4, -0.2) is 18.3 Å². The number of nitrogens with one attached hydrogen (secondary N) is 1. The maximum absolute atomic E-state index is 12.9. The van der Waals surface area contributed by atoms with E-state index in [9.17, 15) is 13.2 Å². The predicted molar refractivity (Wildman–Crippen MR) is 60.3 cm³/mol. The van der Waals surface area contributed by atoms with E-state index in [1.54, 1.807) is 0 Å². The zero-order valence-electron chi connectivity index (χ0n) is 9.86. The second kappa shape index (κ2) is 5.40. The van der Waals surface area contributed by atoms with Crippen LogP contribution in [0, 0.1) is 22.9 Å². The van der Waals surface area contributed by atoms with Gasteiger partial charge in [-0.1, -0.05) is 13.8 Å². The summed E-state index contributed by atoms with van der Waals surface area (Å²) in [5.74, 6) is -3.93. The molecule has 1 aromatic carbocycles. The molecule has 0 aliphatic carbocycles. The fourth-order valence-electron chi connectivity index (χ4n) is 1.27. The number of aliphatic hydroxyl groups excluding tert-OH is 1. The Morgan fingerprint density at radius 2 is 1.76 bits per heavy atom. The number of hydrogen-bond acceptors (Lipinski definition) is 2. The van der Waals surface area contributed by atoms with Gasteiger partial charge in [0.1, 0.15) is 0 Å². The summed E-state index contributed by atoms with van der Waals surface area (Å²) in [5.41, 5.74) is -0.212. The normalized spacial score (nSPS) is 14.5. The van der Waals surface area contributed by atoms with Crippen molar-refractivity contribution in [3.05, 3.63) is 29.6 Å². The minimum atomic E-state index is -1.48. The van der Waals surface area contributed by atoms with Crippen molar-refractivity contribution in [1.82, 2.24) is 0 Å². The first-order valence-electron chi connectivity index (χ1n) is 5.41. The molecule has 1 atom stereocenters. The standard InChI is InChI=1S/C12H16F3NO/c1-3-12(2,7-17)6-16-8-4-9(13)11(15)10(14)5-8/h4-5,16-17H,3,6-7H2,1-2H3. The summed E-state index contributed by atoms with van der Waals surface area (Å²) in [6.45, 7) is 4.06. The number of hydrogen-bond donors (Lipinski definition) is 2. The lowest BCUT2D eigenvalue weighted by atomic mass is 9.88. The highest BCUT2D eigenvalue weighted by Gasteiger charge is 2.21. The summed E-state index contributed by atoms with van der Waals surface area (Å²) < 4.78 is 38.5. The highest BCUT2D eigenvalue weighted by Crippen LogP contribution is 2.22. The van der Waals surface area contributed by atoms with Crippen LogP contribution >= 0.6 is 0 Å². The van der Waals surface area contributed by atoms with Crippen molar-refractivity contribution in [1.29, 1.82) is 0 Å². The molecule has 1 aromatic rings. The van der Waals surface area contributed by atoms with Gasteiger partial charge in [0.2, 0.25) is 0 Å². The van der Waals surface area contributed by atoms with Crippen LogP contribution in [0.5, 0.6) is 0 Å². The van der Waals surface area contributed by atoms with Crippen LogP contribution in [0.2, 0.25) is 0 Å². The summed E-state index contributed by atoms with van der Waals surface area (Å²) in [6, 6.07) is 1.79. The minimum absolute atomic E-state index is 0.0390. The van der Waals surface area contributed by atoms with Gasteiger partial charge in [-0.05, 0) is 6.42 Å². The minimum Gasteiger partial charge on any atom is -0.396 e. The van der Waals surface area contributed by atoms with E-state index in [0.29, 0.717) is 13.0 Å². The van der Waals surface area contributed by atoms with Crippen LogP contribution in [0.1, 0.15) is 20.3 Å². The van der Waals surface area contributed by atoms with Crippen molar-refractivity contribution in [3.8, 4) is 0 Å². The molecule has 5 heteroatoms. The average Bonchev–Trinajstić information content (AvgIpc) is 2.32. The Bertz CT molecular complexity index is 368. The molecule has 0 aromatic heterocycles. The first-order chi connectivity index (χ1) is 7.91. The van der Waals surface area contributed by atoms with Crippen LogP contribution in [0.4, 0.5) is 18.9 Å². The van der Waals surface area contributed by atoms with E-state index in [4.69, 9.17) is 5.11 Å². The van der Waals surface area contributed by atoms with Crippen molar-refractivity contribution in [2.24, 2.45) is 5.41 Å². The largest absolute Gasteiger partial charge is 0.396 e. The SMILES string of the molecule is CCC(C)(CO)CNc1cc(F)c(F)c(F)c1. The van der Waals surface area contributed by atoms with Gasteiger partial charge in [0, 0.05) is 29.8 Å². The number of benzene rings is 1. The topological polar surface area (TPSA) is 32.3 Å². The van der Waals surface area contributed by atoms with Crippen molar-refractivity contribution < 1.29 is 18.3 Å². The molecule has 0 bridgehead atoms. The Balaban J connectivity index is 2.76. The van der Waals surface area contributed by atoms with Crippen LogP contribution in [0.15, 0.2) is 12.1 Å². The molecule has 17 heavy (non-hydrogen) atoms. The molecule has 0 radical (unpaired) electrons. The highest BCUT2D eigenvalue weighted by molar-refractivity contribution is 5.44. The lowest BCUT2D eigenvalue weighted by molar-refractivity contribution is 0.149. The van der Waals surface area contributed by atoms with Gasteiger partial charge in [-0.3, -0.25) is 0 Å². The molecule has 0 saturated heterocycles. The molecule has 1 rings (SSSR count). The van der Waals surface area contributed by atoms with Crippen LogP contribution in [-0.2, 0) is 0 Å². The number of aliphatic hydroxyl groups is 1. The van der Waals surface area contributed by atoms with Gasteiger partial charge in [-0.25, -0.2) is 13.2 Å². The molecule has 0 heterocycles. The van der Waals surface area contributed by atoms with Crippen molar-refractivity contribution in [2.45, 2.75) is 20.3 Å². The van der Waals surface area contributed by atoms with E-state index >= 15 is 0 Å². The first-order valence-corrected chi connectivity index (χ1v) is 5.41. The van der Waals surface area contributed by atoms with Crippen molar-refractivity contribution in [2.75, 3.05) is 18.5 Å². The summed E-state index contributed by atoms with van der Waals surface area (Å²) in [6.07, 6.45) is 0.711. The molecular weight excluding hydrogens is 231 g/mol. The van der Waals surface area contributed by atoms with Crippen molar-refractivity contribution >= 4 is 5.69 Å². The zero-order valence-corrected chi connectivity index (χ0v) is 9.86. The van der Waals surface area contributed by atoms with Crippen LogP contribution in [0.25, 0.3) is 0 Å². The fourth-order valence-corrected chi connectivity index (χ4v) is 1.27. The predicted octanol–water partition coefficient (Wildman–Crippen LogP) is 2.92. The second-order valence-corrected chi connectivity index (χ2v) is 4.43. The summed E-state index contributed by atoms with van der Waals surface area (Å²) in [7, 11) is 0. The Morgan fingerprint density at radius 1 is 1.24 bits per heavy atom. The lowest BCUT2D eigenvalue weighted by Gasteiger charge is -2.26. The summed E-state index contributed by atoms with van der Waals surface area (Å²) in [5, 5.41) is 12.0. The number of halogens is 3. The van der Waals surface area contributed by atoms with E-state index < -0.39 is 17.5 Å². The van der Waals surface area contributed by atoms with Gasteiger partial charge < -0.3 is 10.4 Å². The van der Waals surface area contributed by atoms with E-state index in [2.05, 4.69) is 5.32 Å². The Labute approximate surface area is 98.5 Å². The fraction of sp³-hybridized carbons (Fsp3) is 0.500. The molecule has 0 fully saturated rings. The van der Waals surface area contributed by atoms with E-state index in [0.717, 1.165) is 12.1 Å². The van der Waals surface area contributed by atoms with E-state index in [-0.39, 0.29) is 17.7 Å². The molecule has 0 spiro atoms. The van der Waals surface area contributed by atoms with Gasteiger partial charge in [0.15, 0.2) is 17.5 Å². The number of anilines is 1. The maximum Gasteiger partial charge on any atom is 0.194 e. The van der Waals surface area contributed by atoms with Gasteiger partial charge in [-0.15, -0.1) is 0 Å². The Hall–Kier alpha value is -1.23. The van der Waals surface area contributed by atoms with E-state index in [1.165, 1.54) is 0 Å². The van der Waals surface area contributed by atoms with Gasteiger partial charge in [0.05, 0.1) is 6.61 Å². The van der Waals surface area contributed by atoms with Gasteiger partial charge in [0.25, 0.3) is 0 Å². The van der Waals surface area contributed by atoms with Crippen LogP contribution < -0.4 is 5.32 Å². The van der Waals surface area contributed by atoms with Gasteiger partial charge >= 0.3 is 0 Å². The van der Waals surface area contributed by atoms with Crippen LogP contribution in [0.3, 0.4) is 0 Å². The third-order valence-corrected chi connectivity index (χ3v) is 2.94. The molecule has 2 nitrogen and oxygen atoms in total. The smallest absolute Gasteiger partial charge is 0.194 e. The number of rotatable bonds is 5. The molecule has 0 aliphatic rings. The first kappa shape index (κ1) is 13.8. The highest BCUT2D eigenvalue weighted by atomic mass is 19.2. The molecule has 0 amide bonds. The monoisotopic (exact) mass is 247 g/mol. The Morgan fingerprint density at radius 3 is 2.18 bits per heavy atom. The lowest BCUT2D eigenvalue weighted by Crippen LogP contribution is -2.29. The molecule has 2 N–H and O–H groups in total. The summed E-state index contributed by atoms with van der Waals surface area (Å²) in [4.78, 5) is 0. The summed E-state index contributed by atoms with van der Waals surface area (Å²) >= 11 is 0. The molecule has 96 valence electrons. The quantitative estimate of drug-likeness (QED) is 0.784. The maximum atomic E-state index is 12.9. The van der Waals surface area contributed by atoms with Gasteiger partial charge in [-0.2, -0.15) is 0 Å².